The summed E-state index contributed by atoms with van der Waals surface area (Å²) < 4.78 is 5.56. The molecule has 1 aromatic carbocycles. The third-order valence-corrected chi connectivity index (χ3v) is 2.33. The third-order valence-electron chi connectivity index (χ3n) is 2.33. The van der Waals surface area contributed by atoms with E-state index in [0.717, 1.165) is 25.2 Å². The number of nitrogens with two attached hydrogens (primary N) is 1. The Morgan fingerprint density at radius 1 is 1.40 bits per heavy atom. The van der Waals surface area contributed by atoms with Gasteiger partial charge in [-0.05, 0) is 49.9 Å². The van der Waals surface area contributed by atoms with Crippen LogP contribution >= 0.6 is 0 Å². The summed E-state index contributed by atoms with van der Waals surface area (Å²) in [5.74, 6) is 0.961. The van der Waals surface area contributed by atoms with Gasteiger partial charge in [-0.15, -0.1) is 0 Å². The van der Waals surface area contributed by atoms with Crippen molar-refractivity contribution in [3.63, 3.8) is 0 Å². The van der Waals surface area contributed by atoms with Crippen LogP contribution in [-0.4, -0.2) is 12.6 Å². The second-order valence-corrected chi connectivity index (χ2v) is 4.12. The predicted octanol–water partition coefficient (Wildman–Crippen LogP) is 2.67. The summed E-state index contributed by atoms with van der Waals surface area (Å²) in [6, 6.07) is 6.45. The highest BCUT2D eigenvalue weighted by molar-refractivity contribution is 5.35. The number of hydrogen-bond donors (Lipinski definition) is 1. The van der Waals surface area contributed by atoms with Gasteiger partial charge in [-0.2, -0.15) is 0 Å². The van der Waals surface area contributed by atoms with Crippen molar-refractivity contribution >= 4 is 0 Å². The molecule has 1 rings (SSSR count). The topological polar surface area (TPSA) is 35.2 Å². The molecule has 0 aliphatic carbocycles. The van der Waals surface area contributed by atoms with Crippen LogP contribution < -0.4 is 10.5 Å². The van der Waals surface area contributed by atoms with Gasteiger partial charge in [-0.1, -0.05) is 13.0 Å². The van der Waals surface area contributed by atoms with E-state index in [9.17, 15) is 0 Å². The highest BCUT2D eigenvalue weighted by Crippen LogP contribution is 2.18. The van der Waals surface area contributed by atoms with Crippen molar-refractivity contribution in [2.75, 3.05) is 6.61 Å². The first kappa shape index (κ1) is 12.1. The van der Waals surface area contributed by atoms with Gasteiger partial charge in [0, 0.05) is 6.04 Å². The van der Waals surface area contributed by atoms with Gasteiger partial charge >= 0.3 is 0 Å². The summed E-state index contributed by atoms with van der Waals surface area (Å²) in [4.78, 5) is 0. The zero-order valence-electron chi connectivity index (χ0n) is 9.92. The second-order valence-electron chi connectivity index (χ2n) is 4.12. The van der Waals surface area contributed by atoms with Gasteiger partial charge in [0.15, 0.2) is 0 Å². The van der Waals surface area contributed by atoms with Crippen LogP contribution in [0.25, 0.3) is 0 Å². The van der Waals surface area contributed by atoms with Gasteiger partial charge in [-0.25, -0.2) is 0 Å². The van der Waals surface area contributed by atoms with Gasteiger partial charge in [0.25, 0.3) is 0 Å². The van der Waals surface area contributed by atoms with Crippen molar-refractivity contribution in [2.45, 2.75) is 39.7 Å². The molecule has 1 atom stereocenters. The molecule has 0 saturated heterocycles. The molecule has 0 spiro atoms. The summed E-state index contributed by atoms with van der Waals surface area (Å²) in [7, 11) is 0. The summed E-state index contributed by atoms with van der Waals surface area (Å²) in [5, 5.41) is 0. The summed E-state index contributed by atoms with van der Waals surface area (Å²) >= 11 is 0. The molecule has 15 heavy (non-hydrogen) atoms. The normalized spacial score (nSPS) is 12.5. The Morgan fingerprint density at radius 2 is 2.13 bits per heavy atom. The first-order chi connectivity index (χ1) is 7.13. The van der Waals surface area contributed by atoms with Crippen LogP contribution in [0.2, 0.25) is 0 Å². The Hall–Kier alpha value is -1.02. The molecule has 1 aromatic rings. The maximum absolute atomic E-state index is 5.78. The van der Waals surface area contributed by atoms with Crippen LogP contribution in [0.5, 0.6) is 5.75 Å². The molecule has 0 fully saturated rings. The highest BCUT2D eigenvalue weighted by atomic mass is 16.5. The molecule has 0 radical (unpaired) electrons. The largest absolute Gasteiger partial charge is 0.494 e. The second kappa shape index (κ2) is 5.76. The van der Waals surface area contributed by atoms with Crippen molar-refractivity contribution in [3.05, 3.63) is 29.3 Å². The Labute approximate surface area is 92.4 Å². The minimum absolute atomic E-state index is 0.214. The molecule has 0 saturated carbocycles. The molecule has 1 unspecified atom stereocenters. The van der Waals surface area contributed by atoms with E-state index in [1.54, 1.807) is 0 Å². The van der Waals surface area contributed by atoms with Crippen molar-refractivity contribution in [2.24, 2.45) is 5.73 Å². The average molecular weight is 207 g/mol. The monoisotopic (exact) mass is 207 g/mol. The number of rotatable bonds is 5. The van der Waals surface area contributed by atoms with Crippen LogP contribution in [-0.2, 0) is 6.42 Å². The minimum Gasteiger partial charge on any atom is -0.494 e. The van der Waals surface area contributed by atoms with Crippen molar-refractivity contribution < 1.29 is 4.74 Å². The third kappa shape index (κ3) is 3.92. The van der Waals surface area contributed by atoms with Crippen LogP contribution in [0.4, 0.5) is 0 Å². The van der Waals surface area contributed by atoms with E-state index >= 15 is 0 Å². The molecule has 2 heteroatoms. The Bertz CT molecular complexity index is 307. The Morgan fingerprint density at radius 3 is 2.67 bits per heavy atom. The molecule has 0 amide bonds. The van der Waals surface area contributed by atoms with Crippen LogP contribution in [0.1, 0.15) is 31.4 Å². The first-order valence-corrected chi connectivity index (χ1v) is 5.61. The molecular formula is C13H21NO. The van der Waals surface area contributed by atoms with E-state index in [1.807, 2.05) is 13.0 Å². The molecule has 84 valence electrons. The fourth-order valence-corrected chi connectivity index (χ4v) is 1.55. The molecule has 2 N–H and O–H groups in total. The molecule has 0 aliphatic heterocycles. The molecular weight excluding hydrogens is 186 g/mol. The Balaban J connectivity index is 2.70. The predicted molar refractivity (Wildman–Crippen MR) is 64.3 cm³/mol. The SMILES string of the molecule is CCCOc1ccc(CC(C)N)c(C)c1. The lowest BCUT2D eigenvalue weighted by atomic mass is 10.0. The molecule has 0 bridgehead atoms. The van der Waals surface area contributed by atoms with Crippen molar-refractivity contribution in [1.82, 2.24) is 0 Å². The fourth-order valence-electron chi connectivity index (χ4n) is 1.55. The van der Waals surface area contributed by atoms with E-state index in [4.69, 9.17) is 10.5 Å². The maximum atomic E-state index is 5.78. The minimum atomic E-state index is 0.214. The van der Waals surface area contributed by atoms with E-state index in [0.29, 0.717) is 0 Å². The van der Waals surface area contributed by atoms with Gasteiger partial charge in [0.05, 0.1) is 6.61 Å². The maximum Gasteiger partial charge on any atom is 0.119 e. The number of benzene rings is 1. The zero-order chi connectivity index (χ0) is 11.3. The molecule has 0 heterocycles. The van der Waals surface area contributed by atoms with E-state index in [1.165, 1.54) is 11.1 Å². The summed E-state index contributed by atoms with van der Waals surface area (Å²) in [6.07, 6.45) is 1.97. The summed E-state index contributed by atoms with van der Waals surface area (Å²) in [6.45, 7) is 7.03. The molecule has 2 nitrogen and oxygen atoms in total. The van der Waals surface area contributed by atoms with Crippen molar-refractivity contribution in [1.29, 1.82) is 0 Å². The van der Waals surface area contributed by atoms with E-state index < -0.39 is 0 Å². The standard InChI is InChI=1S/C13H21NO/c1-4-7-15-13-6-5-12(9-11(3)14)10(2)8-13/h5-6,8,11H,4,7,9,14H2,1-3H3. The van der Waals surface area contributed by atoms with Gasteiger partial charge < -0.3 is 10.5 Å². The lowest BCUT2D eigenvalue weighted by molar-refractivity contribution is 0.317. The van der Waals surface area contributed by atoms with Crippen LogP contribution in [0, 0.1) is 6.92 Å². The highest BCUT2D eigenvalue weighted by Gasteiger charge is 2.03. The molecule has 0 aromatic heterocycles. The van der Waals surface area contributed by atoms with Crippen molar-refractivity contribution in [3.8, 4) is 5.75 Å². The Kier molecular flexibility index (Phi) is 4.63. The number of ether oxygens (including phenoxy) is 1. The van der Waals surface area contributed by atoms with Gasteiger partial charge in [0.2, 0.25) is 0 Å². The quantitative estimate of drug-likeness (QED) is 0.805. The lowest BCUT2D eigenvalue weighted by Gasteiger charge is -2.11. The fraction of sp³-hybridized carbons (Fsp3) is 0.538. The summed E-state index contributed by atoms with van der Waals surface area (Å²) in [5.41, 5.74) is 8.36. The van der Waals surface area contributed by atoms with Crippen LogP contribution in [0.15, 0.2) is 18.2 Å². The average Bonchev–Trinajstić information content (AvgIpc) is 2.18. The zero-order valence-corrected chi connectivity index (χ0v) is 9.92. The smallest absolute Gasteiger partial charge is 0.119 e. The first-order valence-electron chi connectivity index (χ1n) is 5.61. The van der Waals surface area contributed by atoms with Gasteiger partial charge in [-0.3, -0.25) is 0 Å². The number of aryl methyl sites for hydroxylation is 1. The lowest BCUT2D eigenvalue weighted by Crippen LogP contribution is -2.18. The van der Waals surface area contributed by atoms with Gasteiger partial charge in [0.1, 0.15) is 5.75 Å². The van der Waals surface area contributed by atoms with E-state index in [-0.39, 0.29) is 6.04 Å². The van der Waals surface area contributed by atoms with E-state index in [2.05, 4.69) is 26.0 Å². The van der Waals surface area contributed by atoms with Crippen LogP contribution in [0.3, 0.4) is 0 Å². The number of hydrogen-bond acceptors (Lipinski definition) is 2. The molecule has 0 aliphatic rings.